The lowest BCUT2D eigenvalue weighted by atomic mass is 10.0. The first-order valence-electron chi connectivity index (χ1n) is 6.80. The fourth-order valence-corrected chi connectivity index (χ4v) is 2.02. The summed E-state index contributed by atoms with van der Waals surface area (Å²) >= 11 is 0. The molecule has 0 aromatic heterocycles. The van der Waals surface area contributed by atoms with Crippen LogP contribution in [0.4, 0.5) is 0 Å². The lowest BCUT2D eigenvalue weighted by Gasteiger charge is -2.19. The molecule has 18 heavy (non-hydrogen) atoms. The van der Waals surface area contributed by atoms with Crippen LogP contribution in [0.25, 0.3) is 0 Å². The highest BCUT2D eigenvalue weighted by Gasteiger charge is 2.09. The number of hydrogen-bond donors (Lipinski definition) is 2. The van der Waals surface area contributed by atoms with Crippen LogP contribution in [0.5, 0.6) is 0 Å². The summed E-state index contributed by atoms with van der Waals surface area (Å²) in [6, 6.07) is 10.9. The Bertz CT molecular complexity index is 338. The van der Waals surface area contributed by atoms with Gasteiger partial charge in [-0.15, -0.1) is 0 Å². The van der Waals surface area contributed by atoms with Gasteiger partial charge in [0.05, 0.1) is 0 Å². The molecule has 1 aromatic carbocycles. The molecule has 3 N–H and O–H groups in total. The minimum atomic E-state index is -0.221. The van der Waals surface area contributed by atoms with E-state index in [0.717, 1.165) is 19.4 Å². The maximum atomic E-state index is 10.7. The van der Waals surface area contributed by atoms with E-state index in [4.69, 9.17) is 5.73 Å². The molecule has 1 atom stereocenters. The molecular weight excluding hydrogens is 224 g/mol. The molecule has 3 heteroatoms. The summed E-state index contributed by atoms with van der Waals surface area (Å²) in [5.41, 5.74) is 6.46. The maximum Gasteiger partial charge on any atom is 0.217 e. The van der Waals surface area contributed by atoms with Gasteiger partial charge in [0.15, 0.2) is 0 Å². The van der Waals surface area contributed by atoms with Gasteiger partial charge >= 0.3 is 0 Å². The fourth-order valence-electron chi connectivity index (χ4n) is 2.02. The zero-order valence-electron chi connectivity index (χ0n) is 11.2. The summed E-state index contributed by atoms with van der Waals surface area (Å²) in [7, 11) is 0. The molecule has 1 aromatic rings. The van der Waals surface area contributed by atoms with Gasteiger partial charge < -0.3 is 11.1 Å². The van der Waals surface area contributed by atoms with Gasteiger partial charge in [0.1, 0.15) is 0 Å². The molecule has 1 rings (SSSR count). The highest BCUT2D eigenvalue weighted by Crippen LogP contribution is 2.19. The van der Waals surface area contributed by atoms with Crippen LogP contribution in [0.3, 0.4) is 0 Å². The molecule has 100 valence electrons. The van der Waals surface area contributed by atoms with E-state index >= 15 is 0 Å². The van der Waals surface area contributed by atoms with E-state index in [0.29, 0.717) is 12.5 Å². The molecular formula is C15H24N2O. The molecule has 0 radical (unpaired) electrons. The third-order valence-electron chi connectivity index (χ3n) is 3.04. The van der Waals surface area contributed by atoms with Crippen LogP contribution in [0, 0.1) is 0 Å². The summed E-state index contributed by atoms with van der Waals surface area (Å²) in [5.74, 6) is -0.221. The maximum absolute atomic E-state index is 10.7. The van der Waals surface area contributed by atoms with Crippen LogP contribution in [-0.4, -0.2) is 12.5 Å². The third kappa shape index (κ3) is 5.82. The van der Waals surface area contributed by atoms with E-state index < -0.39 is 0 Å². The van der Waals surface area contributed by atoms with Gasteiger partial charge in [-0.05, 0) is 24.9 Å². The van der Waals surface area contributed by atoms with Gasteiger partial charge in [-0.2, -0.15) is 0 Å². The monoisotopic (exact) mass is 248 g/mol. The molecule has 0 bridgehead atoms. The van der Waals surface area contributed by atoms with Gasteiger partial charge in [-0.3, -0.25) is 4.79 Å². The predicted octanol–water partition coefficient (Wildman–Crippen LogP) is 2.77. The summed E-state index contributed by atoms with van der Waals surface area (Å²) in [4.78, 5) is 10.7. The van der Waals surface area contributed by atoms with Crippen molar-refractivity contribution in [3.05, 3.63) is 35.9 Å². The van der Waals surface area contributed by atoms with Gasteiger partial charge in [0, 0.05) is 12.5 Å². The van der Waals surface area contributed by atoms with E-state index in [9.17, 15) is 4.79 Å². The Morgan fingerprint density at radius 2 is 2.00 bits per heavy atom. The first-order chi connectivity index (χ1) is 8.74. The lowest BCUT2D eigenvalue weighted by Crippen LogP contribution is -2.23. The number of nitrogens with one attached hydrogen (secondary N) is 1. The average molecular weight is 248 g/mol. The number of primary amides is 1. The fraction of sp³-hybridized carbons (Fsp3) is 0.533. The second-order valence-electron chi connectivity index (χ2n) is 4.63. The number of benzene rings is 1. The summed E-state index contributed by atoms with van der Waals surface area (Å²) in [5, 5.41) is 3.52. The summed E-state index contributed by atoms with van der Waals surface area (Å²) in [6.45, 7) is 3.04. The van der Waals surface area contributed by atoms with Crippen molar-refractivity contribution in [3.63, 3.8) is 0 Å². The molecule has 0 aliphatic rings. The van der Waals surface area contributed by atoms with Gasteiger partial charge in [0.2, 0.25) is 5.91 Å². The SMILES string of the molecule is CCCCC(NCCCC(N)=O)c1ccccc1. The average Bonchev–Trinajstić information content (AvgIpc) is 2.38. The molecule has 1 unspecified atom stereocenters. The molecule has 1 amide bonds. The zero-order valence-corrected chi connectivity index (χ0v) is 11.2. The molecule has 0 fully saturated rings. The molecule has 0 aliphatic carbocycles. The third-order valence-corrected chi connectivity index (χ3v) is 3.04. The zero-order chi connectivity index (χ0) is 13.2. The number of amides is 1. The quantitative estimate of drug-likeness (QED) is 0.660. The Balaban J connectivity index is 2.43. The van der Waals surface area contributed by atoms with E-state index in [1.54, 1.807) is 0 Å². The van der Waals surface area contributed by atoms with E-state index in [2.05, 4.69) is 36.5 Å². The Hall–Kier alpha value is -1.35. The number of hydrogen-bond acceptors (Lipinski definition) is 2. The van der Waals surface area contributed by atoms with Crippen molar-refractivity contribution < 1.29 is 4.79 Å². The van der Waals surface area contributed by atoms with Crippen LogP contribution in [-0.2, 0) is 4.79 Å². The Labute approximate surface area is 110 Å². The van der Waals surface area contributed by atoms with Crippen LogP contribution < -0.4 is 11.1 Å². The molecule has 0 saturated heterocycles. The van der Waals surface area contributed by atoms with Crippen LogP contribution in [0.1, 0.15) is 50.6 Å². The van der Waals surface area contributed by atoms with Crippen LogP contribution >= 0.6 is 0 Å². The minimum absolute atomic E-state index is 0.221. The van der Waals surface area contributed by atoms with Gasteiger partial charge in [-0.1, -0.05) is 50.1 Å². The highest BCUT2D eigenvalue weighted by atomic mass is 16.1. The Kier molecular flexibility index (Phi) is 7.11. The highest BCUT2D eigenvalue weighted by molar-refractivity contribution is 5.73. The van der Waals surface area contributed by atoms with Crippen LogP contribution in [0.15, 0.2) is 30.3 Å². The van der Waals surface area contributed by atoms with Crippen molar-refractivity contribution in [2.45, 2.75) is 45.1 Å². The van der Waals surface area contributed by atoms with Gasteiger partial charge in [0.25, 0.3) is 0 Å². The molecule has 0 heterocycles. The number of carbonyl (C=O) groups is 1. The lowest BCUT2D eigenvalue weighted by molar-refractivity contribution is -0.118. The second-order valence-corrected chi connectivity index (χ2v) is 4.63. The number of unbranched alkanes of at least 4 members (excludes halogenated alkanes) is 1. The summed E-state index contributed by atoms with van der Waals surface area (Å²) in [6.07, 6.45) is 4.82. The van der Waals surface area contributed by atoms with Crippen molar-refractivity contribution in [1.29, 1.82) is 0 Å². The molecule has 0 saturated carbocycles. The van der Waals surface area contributed by atoms with E-state index in [1.165, 1.54) is 18.4 Å². The Morgan fingerprint density at radius 3 is 2.61 bits per heavy atom. The largest absolute Gasteiger partial charge is 0.370 e. The molecule has 0 aliphatic heterocycles. The van der Waals surface area contributed by atoms with Crippen molar-refractivity contribution in [2.75, 3.05) is 6.54 Å². The Morgan fingerprint density at radius 1 is 1.28 bits per heavy atom. The smallest absolute Gasteiger partial charge is 0.217 e. The standard InChI is InChI=1S/C15H24N2O/c1-2-3-10-14(13-8-5-4-6-9-13)17-12-7-11-15(16)18/h4-6,8-9,14,17H,2-3,7,10-12H2,1H3,(H2,16,18). The van der Waals surface area contributed by atoms with Crippen molar-refractivity contribution in [3.8, 4) is 0 Å². The predicted molar refractivity (Wildman–Crippen MR) is 75.1 cm³/mol. The first-order valence-corrected chi connectivity index (χ1v) is 6.80. The first kappa shape index (κ1) is 14.7. The molecule has 0 spiro atoms. The van der Waals surface area contributed by atoms with E-state index in [1.807, 2.05) is 6.07 Å². The molecule has 3 nitrogen and oxygen atoms in total. The van der Waals surface area contributed by atoms with Crippen molar-refractivity contribution in [2.24, 2.45) is 5.73 Å². The van der Waals surface area contributed by atoms with Gasteiger partial charge in [-0.25, -0.2) is 0 Å². The summed E-state index contributed by atoms with van der Waals surface area (Å²) < 4.78 is 0. The van der Waals surface area contributed by atoms with Crippen molar-refractivity contribution >= 4 is 5.91 Å². The van der Waals surface area contributed by atoms with Crippen molar-refractivity contribution in [1.82, 2.24) is 5.32 Å². The normalized spacial score (nSPS) is 12.3. The topological polar surface area (TPSA) is 55.1 Å². The number of nitrogens with two attached hydrogens (primary N) is 1. The second kappa shape index (κ2) is 8.70. The number of rotatable bonds is 9. The number of carbonyl (C=O) groups excluding carboxylic acids is 1. The van der Waals surface area contributed by atoms with E-state index in [-0.39, 0.29) is 5.91 Å². The van der Waals surface area contributed by atoms with Crippen LogP contribution in [0.2, 0.25) is 0 Å². The minimum Gasteiger partial charge on any atom is -0.370 e.